The molecule has 204 valence electrons. The van der Waals surface area contributed by atoms with E-state index < -0.39 is 0 Å². The Hall–Kier alpha value is -0.180. The molecule has 0 heterocycles. The van der Waals surface area contributed by atoms with Gasteiger partial charge in [0.15, 0.2) is 0 Å². The van der Waals surface area contributed by atoms with E-state index in [2.05, 4.69) is 13.8 Å². The SMILES string of the molecule is CCCCCCCCCCCCCCCCSCCC(=O)OCCCCCCCCCCCC. The van der Waals surface area contributed by atoms with Crippen LogP contribution in [0.15, 0.2) is 0 Å². The van der Waals surface area contributed by atoms with E-state index in [0.29, 0.717) is 13.0 Å². The third-order valence-electron chi connectivity index (χ3n) is 6.85. The quantitative estimate of drug-likeness (QED) is 0.0757. The third-order valence-corrected chi connectivity index (χ3v) is 7.92. The van der Waals surface area contributed by atoms with E-state index in [1.807, 2.05) is 11.8 Å². The van der Waals surface area contributed by atoms with Crippen molar-refractivity contribution in [2.24, 2.45) is 0 Å². The van der Waals surface area contributed by atoms with Gasteiger partial charge in [0.25, 0.3) is 0 Å². The van der Waals surface area contributed by atoms with Crippen LogP contribution in [0.5, 0.6) is 0 Å². The number of carbonyl (C=O) groups is 1. The molecular weight excluding hydrogens is 436 g/mol. The number of unbranched alkanes of at least 4 members (excludes halogenated alkanes) is 22. The maximum absolute atomic E-state index is 11.8. The summed E-state index contributed by atoms with van der Waals surface area (Å²) in [5, 5.41) is 0. The van der Waals surface area contributed by atoms with Crippen molar-refractivity contribution in [3.63, 3.8) is 0 Å². The summed E-state index contributed by atoms with van der Waals surface area (Å²) in [5.41, 5.74) is 0. The highest BCUT2D eigenvalue weighted by atomic mass is 32.2. The zero-order chi connectivity index (χ0) is 24.8. The number of ether oxygens (including phenoxy) is 1. The Bertz CT molecular complexity index is 386. The van der Waals surface area contributed by atoms with E-state index in [0.717, 1.165) is 12.2 Å². The minimum Gasteiger partial charge on any atom is -0.466 e. The van der Waals surface area contributed by atoms with Crippen LogP contribution >= 0.6 is 11.8 Å². The van der Waals surface area contributed by atoms with Gasteiger partial charge in [-0.25, -0.2) is 0 Å². The standard InChI is InChI=1S/C31H62O2S/c1-3-5-7-9-11-13-15-16-17-18-20-22-24-26-29-34-30-27-31(32)33-28-25-23-21-19-14-12-10-8-6-4-2/h3-30H2,1-2H3. The van der Waals surface area contributed by atoms with Gasteiger partial charge in [-0.05, 0) is 18.6 Å². The first-order valence-electron chi connectivity index (χ1n) is 15.5. The van der Waals surface area contributed by atoms with Gasteiger partial charge in [0.05, 0.1) is 13.0 Å². The average molecular weight is 499 g/mol. The van der Waals surface area contributed by atoms with Crippen LogP contribution in [0, 0.1) is 0 Å². The van der Waals surface area contributed by atoms with Crippen LogP contribution in [-0.4, -0.2) is 24.1 Å². The van der Waals surface area contributed by atoms with Crippen molar-refractivity contribution < 1.29 is 9.53 Å². The van der Waals surface area contributed by atoms with Gasteiger partial charge in [-0.3, -0.25) is 4.79 Å². The number of esters is 1. The van der Waals surface area contributed by atoms with Crippen molar-refractivity contribution in [3.05, 3.63) is 0 Å². The van der Waals surface area contributed by atoms with Crippen molar-refractivity contribution in [2.75, 3.05) is 18.1 Å². The summed E-state index contributed by atoms with van der Waals surface area (Å²) < 4.78 is 5.39. The Morgan fingerprint density at radius 3 is 1.24 bits per heavy atom. The van der Waals surface area contributed by atoms with Crippen LogP contribution in [0.3, 0.4) is 0 Å². The largest absolute Gasteiger partial charge is 0.466 e. The monoisotopic (exact) mass is 498 g/mol. The maximum atomic E-state index is 11.8. The first kappa shape index (κ1) is 33.8. The molecule has 0 spiro atoms. The average Bonchev–Trinajstić information content (AvgIpc) is 2.84. The lowest BCUT2D eigenvalue weighted by atomic mass is 10.0. The van der Waals surface area contributed by atoms with Crippen molar-refractivity contribution in [1.29, 1.82) is 0 Å². The van der Waals surface area contributed by atoms with Gasteiger partial charge in [0, 0.05) is 5.75 Å². The molecule has 0 aromatic carbocycles. The Morgan fingerprint density at radius 2 is 0.824 bits per heavy atom. The summed E-state index contributed by atoms with van der Waals surface area (Å²) in [6, 6.07) is 0. The number of hydrogen-bond acceptors (Lipinski definition) is 3. The summed E-state index contributed by atoms with van der Waals surface area (Å²) >= 11 is 1.92. The van der Waals surface area contributed by atoms with Gasteiger partial charge in [-0.2, -0.15) is 11.8 Å². The molecule has 0 N–H and O–H groups in total. The highest BCUT2D eigenvalue weighted by Crippen LogP contribution is 2.15. The Kier molecular flexibility index (Phi) is 30.7. The number of hydrogen-bond donors (Lipinski definition) is 0. The Labute approximate surface area is 219 Å². The highest BCUT2D eigenvalue weighted by molar-refractivity contribution is 7.99. The van der Waals surface area contributed by atoms with E-state index in [1.165, 1.54) is 153 Å². The summed E-state index contributed by atoms with van der Waals surface area (Å²) in [6.45, 7) is 5.18. The van der Waals surface area contributed by atoms with Gasteiger partial charge in [0.2, 0.25) is 0 Å². The number of thioether (sulfide) groups is 1. The summed E-state index contributed by atoms with van der Waals surface area (Å²) in [5.74, 6) is 2.13. The lowest BCUT2D eigenvalue weighted by Crippen LogP contribution is -2.07. The fourth-order valence-corrected chi connectivity index (χ4v) is 5.43. The summed E-state index contributed by atoms with van der Waals surface area (Å²) in [6.07, 6.45) is 33.5. The smallest absolute Gasteiger partial charge is 0.306 e. The van der Waals surface area contributed by atoms with E-state index in [4.69, 9.17) is 4.74 Å². The first-order valence-corrected chi connectivity index (χ1v) is 16.7. The van der Waals surface area contributed by atoms with Crippen LogP contribution in [0.4, 0.5) is 0 Å². The fraction of sp³-hybridized carbons (Fsp3) is 0.968. The number of rotatable bonds is 29. The second-order valence-corrected chi connectivity index (χ2v) is 11.6. The summed E-state index contributed by atoms with van der Waals surface area (Å²) in [7, 11) is 0. The zero-order valence-electron chi connectivity index (χ0n) is 23.5. The molecule has 2 nitrogen and oxygen atoms in total. The normalized spacial score (nSPS) is 11.2. The molecule has 34 heavy (non-hydrogen) atoms. The maximum Gasteiger partial charge on any atom is 0.306 e. The van der Waals surface area contributed by atoms with Crippen LogP contribution < -0.4 is 0 Å². The van der Waals surface area contributed by atoms with Gasteiger partial charge >= 0.3 is 5.97 Å². The van der Waals surface area contributed by atoms with Crippen molar-refractivity contribution >= 4 is 17.7 Å². The molecule has 3 heteroatoms. The lowest BCUT2D eigenvalue weighted by molar-refractivity contribution is -0.143. The van der Waals surface area contributed by atoms with Gasteiger partial charge in [-0.15, -0.1) is 0 Å². The van der Waals surface area contributed by atoms with E-state index in [1.54, 1.807) is 0 Å². The lowest BCUT2D eigenvalue weighted by Gasteiger charge is -2.06. The van der Waals surface area contributed by atoms with Gasteiger partial charge < -0.3 is 4.74 Å². The molecule has 0 atom stereocenters. The second kappa shape index (κ2) is 30.9. The molecule has 0 unspecified atom stereocenters. The van der Waals surface area contributed by atoms with Crippen LogP contribution in [0.2, 0.25) is 0 Å². The zero-order valence-corrected chi connectivity index (χ0v) is 24.3. The van der Waals surface area contributed by atoms with Crippen LogP contribution in [-0.2, 0) is 9.53 Å². The predicted octanol–water partition coefficient (Wildman–Crippen LogP) is 11.1. The van der Waals surface area contributed by atoms with Crippen LogP contribution in [0.25, 0.3) is 0 Å². The molecule has 0 bridgehead atoms. The highest BCUT2D eigenvalue weighted by Gasteiger charge is 2.03. The molecule has 0 saturated carbocycles. The van der Waals surface area contributed by atoms with E-state index >= 15 is 0 Å². The second-order valence-electron chi connectivity index (χ2n) is 10.4. The van der Waals surface area contributed by atoms with Crippen molar-refractivity contribution in [3.8, 4) is 0 Å². The molecule has 0 radical (unpaired) electrons. The Morgan fingerprint density at radius 1 is 0.471 bits per heavy atom. The van der Waals surface area contributed by atoms with Crippen molar-refractivity contribution in [2.45, 2.75) is 174 Å². The van der Waals surface area contributed by atoms with Crippen LogP contribution in [0.1, 0.15) is 174 Å². The minimum atomic E-state index is 0.00406. The molecule has 0 aliphatic rings. The van der Waals surface area contributed by atoms with E-state index in [9.17, 15) is 4.79 Å². The molecule has 0 saturated heterocycles. The fourth-order valence-electron chi connectivity index (χ4n) is 4.50. The topological polar surface area (TPSA) is 26.3 Å². The molecule has 0 amide bonds. The summed E-state index contributed by atoms with van der Waals surface area (Å²) in [4.78, 5) is 11.8. The molecule has 0 rings (SSSR count). The molecule has 0 fully saturated rings. The molecule has 0 aliphatic heterocycles. The third kappa shape index (κ3) is 29.9. The first-order chi connectivity index (χ1) is 16.8. The molecule has 0 aromatic heterocycles. The van der Waals surface area contributed by atoms with E-state index in [-0.39, 0.29) is 5.97 Å². The predicted molar refractivity (Wildman–Crippen MR) is 155 cm³/mol. The minimum absolute atomic E-state index is 0.00406. The molecular formula is C31H62O2S. The van der Waals surface area contributed by atoms with Gasteiger partial charge in [-0.1, -0.05) is 155 Å². The molecule has 0 aliphatic carbocycles. The Balaban J connectivity index is 3.13. The molecule has 0 aromatic rings. The van der Waals surface area contributed by atoms with Gasteiger partial charge in [0.1, 0.15) is 0 Å². The number of carbonyl (C=O) groups excluding carboxylic acids is 1. The van der Waals surface area contributed by atoms with Crippen molar-refractivity contribution in [1.82, 2.24) is 0 Å².